The maximum absolute atomic E-state index is 12.5. The molecule has 0 aliphatic rings. The number of Topliss-reactive ketones (excluding diaryl/α,β-unsaturated/α-hetero) is 1. The molecule has 164 valence electrons. The molecule has 30 heavy (non-hydrogen) atoms. The lowest BCUT2D eigenvalue weighted by Gasteiger charge is -2.18. The van der Waals surface area contributed by atoms with Crippen molar-refractivity contribution in [2.24, 2.45) is 7.05 Å². The smallest absolute Gasteiger partial charge is 0.243 e. The molecule has 9 nitrogen and oxygen atoms in total. The van der Waals surface area contributed by atoms with Crippen LogP contribution in [0.2, 0.25) is 0 Å². The first-order valence-electron chi connectivity index (χ1n) is 9.59. The Kier molecular flexibility index (Phi) is 8.56. The van der Waals surface area contributed by atoms with Gasteiger partial charge >= 0.3 is 0 Å². The van der Waals surface area contributed by atoms with E-state index in [1.165, 1.54) is 47.3 Å². The molecule has 2 aromatic rings. The quantitative estimate of drug-likeness (QED) is 0.405. The Morgan fingerprint density at radius 2 is 1.77 bits per heavy atom. The molecule has 0 aliphatic heterocycles. The molecule has 0 saturated heterocycles. The number of aromatic nitrogens is 3. The molecule has 1 N–H and O–H groups in total. The predicted molar refractivity (Wildman–Crippen MR) is 115 cm³/mol. The van der Waals surface area contributed by atoms with Gasteiger partial charge in [0.1, 0.15) is 5.82 Å². The second-order valence-corrected chi connectivity index (χ2v) is 9.40. The van der Waals surface area contributed by atoms with Crippen LogP contribution in [0.15, 0.2) is 34.3 Å². The molecular weight excluding hydrogens is 426 g/mol. The summed E-state index contributed by atoms with van der Waals surface area (Å²) < 4.78 is 28.2. The molecule has 0 bridgehead atoms. The number of sulfonamides is 1. The normalized spacial score (nSPS) is 11.6. The number of hydrogen-bond acceptors (Lipinski definition) is 7. The lowest BCUT2D eigenvalue weighted by molar-refractivity contribution is -0.118. The summed E-state index contributed by atoms with van der Waals surface area (Å²) in [5, 5.41) is 11.5. The van der Waals surface area contributed by atoms with Crippen molar-refractivity contribution in [1.82, 2.24) is 24.4 Å². The van der Waals surface area contributed by atoms with Gasteiger partial charge < -0.3 is 9.88 Å². The van der Waals surface area contributed by atoms with E-state index in [-0.39, 0.29) is 22.3 Å². The fourth-order valence-corrected chi connectivity index (χ4v) is 5.06. The van der Waals surface area contributed by atoms with Crippen LogP contribution < -0.4 is 5.32 Å². The molecule has 1 aromatic heterocycles. The third kappa shape index (κ3) is 5.89. The topological polar surface area (TPSA) is 114 Å². The molecule has 0 saturated carbocycles. The Hall–Kier alpha value is -2.24. The van der Waals surface area contributed by atoms with Crippen molar-refractivity contribution in [3.05, 3.63) is 35.7 Å². The van der Waals surface area contributed by atoms with E-state index >= 15 is 0 Å². The number of nitrogens with one attached hydrogen (secondary N) is 1. The molecule has 0 radical (unpaired) electrons. The maximum Gasteiger partial charge on any atom is 0.243 e. The number of carbonyl (C=O) groups is 2. The van der Waals surface area contributed by atoms with E-state index in [9.17, 15) is 18.0 Å². The Morgan fingerprint density at radius 3 is 2.33 bits per heavy atom. The number of amides is 1. The lowest BCUT2D eigenvalue weighted by Crippen LogP contribution is -2.30. The Labute approximate surface area is 181 Å². The van der Waals surface area contributed by atoms with E-state index in [0.29, 0.717) is 42.6 Å². The zero-order valence-electron chi connectivity index (χ0n) is 17.6. The largest absolute Gasteiger partial charge is 0.356 e. The average molecular weight is 454 g/mol. The van der Waals surface area contributed by atoms with Crippen LogP contribution in [-0.4, -0.2) is 64.6 Å². The van der Waals surface area contributed by atoms with Crippen LogP contribution >= 0.6 is 11.8 Å². The van der Waals surface area contributed by atoms with Gasteiger partial charge in [0.25, 0.3) is 0 Å². The van der Waals surface area contributed by atoms with Gasteiger partial charge in [-0.05, 0) is 12.1 Å². The standard InChI is InChI=1S/C19H27N5O4S2/c1-5-24(6-2)30(27,28)16-9-7-15(8-10-16)17(26)13-29-19-22-21-18(23(19)4)11-12-20-14(3)25/h7-10H,5-6,11-13H2,1-4H3,(H,20,25). The minimum Gasteiger partial charge on any atom is -0.356 e. The number of carbonyl (C=O) groups excluding carboxylic acids is 2. The number of rotatable bonds is 11. The first-order chi connectivity index (χ1) is 14.2. The minimum atomic E-state index is -3.55. The molecule has 0 atom stereocenters. The van der Waals surface area contributed by atoms with Crippen LogP contribution in [0.3, 0.4) is 0 Å². The first kappa shape index (κ1) is 24.0. The summed E-state index contributed by atoms with van der Waals surface area (Å²) in [6, 6.07) is 6.01. The van der Waals surface area contributed by atoms with Gasteiger partial charge in [-0.25, -0.2) is 8.42 Å². The maximum atomic E-state index is 12.5. The highest BCUT2D eigenvalue weighted by molar-refractivity contribution is 7.99. The van der Waals surface area contributed by atoms with Crippen molar-refractivity contribution in [3.8, 4) is 0 Å². The van der Waals surface area contributed by atoms with Gasteiger partial charge in [-0.3, -0.25) is 9.59 Å². The first-order valence-corrected chi connectivity index (χ1v) is 12.0. The van der Waals surface area contributed by atoms with E-state index in [1.54, 1.807) is 18.4 Å². The number of thioether (sulfide) groups is 1. The van der Waals surface area contributed by atoms with Gasteiger partial charge in [-0.15, -0.1) is 10.2 Å². The zero-order chi connectivity index (χ0) is 22.3. The molecular formula is C19H27N5O4S2. The SMILES string of the molecule is CCN(CC)S(=O)(=O)c1ccc(C(=O)CSc2nnc(CCNC(C)=O)n2C)cc1. The Bertz CT molecular complexity index is 983. The Balaban J connectivity index is 1.99. The molecule has 0 spiro atoms. The fraction of sp³-hybridized carbons (Fsp3) is 0.474. The van der Waals surface area contributed by atoms with Gasteiger partial charge in [0.2, 0.25) is 15.9 Å². The second kappa shape index (κ2) is 10.7. The molecule has 2 rings (SSSR count). The van der Waals surface area contributed by atoms with Crippen LogP contribution in [0.1, 0.15) is 37.0 Å². The third-order valence-corrected chi connectivity index (χ3v) is 7.58. The highest BCUT2D eigenvalue weighted by atomic mass is 32.2. The molecule has 11 heteroatoms. The van der Waals surface area contributed by atoms with E-state index in [0.717, 1.165) is 0 Å². The van der Waals surface area contributed by atoms with Crippen molar-refractivity contribution in [2.45, 2.75) is 37.2 Å². The van der Waals surface area contributed by atoms with Gasteiger partial charge in [0.15, 0.2) is 10.9 Å². The highest BCUT2D eigenvalue weighted by Gasteiger charge is 2.22. The van der Waals surface area contributed by atoms with Crippen LogP contribution in [0, 0.1) is 0 Å². The Morgan fingerprint density at radius 1 is 1.13 bits per heavy atom. The average Bonchev–Trinajstić information content (AvgIpc) is 3.06. The summed E-state index contributed by atoms with van der Waals surface area (Å²) in [4.78, 5) is 23.6. The van der Waals surface area contributed by atoms with E-state index in [2.05, 4.69) is 15.5 Å². The van der Waals surface area contributed by atoms with E-state index < -0.39 is 10.0 Å². The van der Waals surface area contributed by atoms with Crippen molar-refractivity contribution < 1.29 is 18.0 Å². The van der Waals surface area contributed by atoms with Crippen LogP contribution in [-0.2, 0) is 28.3 Å². The predicted octanol–water partition coefficient (Wildman–Crippen LogP) is 1.50. The van der Waals surface area contributed by atoms with Gasteiger partial charge in [0.05, 0.1) is 10.6 Å². The molecule has 1 amide bonds. The summed E-state index contributed by atoms with van der Waals surface area (Å²) in [6.45, 7) is 6.27. The third-order valence-electron chi connectivity index (χ3n) is 4.50. The molecule has 0 aliphatic carbocycles. The summed E-state index contributed by atoms with van der Waals surface area (Å²) >= 11 is 1.26. The number of nitrogens with zero attached hydrogens (tertiary/aromatic N) is 4. The zero-order valence-corrected chi connectivity index (χ0v) is 19.2. The second-order valence-electron chi connectivity index (χ2n) is 6.52. The molecule has 0 unspecified atom stereocenters. The summed E-state index contributed by atoms with van der Waals surface area (Å²) in [6.07, 6.45) is 0.542. The van der Waals surface area contributed by atoms with Gasteiger partial charge in [-0.1, -0.05) is 37.7 Å². The van der Waals surface area contributed by atoms with Gasteiger partial charge in [0, 0.05) is 45.6 Å². The monoisotopic (exact) mass is 453 g/mol. The van der Waals surface area contributed by atoms with Crippen LogP contribution in [0.5, 0.6) is 0 Å². The van der Waals surface area contributed by atoms with Crippen molar-refractivity contribution in [3.63, 3.8) is 0 Å². The fourth-order valence-electron chi connectivity index (χ4n) is 2.78. The molecule has 0 fully saturated rings. The number of benzene rings is 1. The van der Waals surface area contributed by atoms with Crippen molar-refractivity contribution in [2.75, 3.05) is 25.4 Å². The van der Waals surface area contributed by atoms with E-state index in [1.807, 2.05) is 7.05 Å². The minimum absolute atomic E-state index is 0.103. The van der Waals surface area contributed by atoms with Gasteiger partial charge in [-0.2, -0.15) is 4.31 Å². The van der Waals surface area contributed by atoms with E-state index in [4.69, 9.17) is 0 Å². The highest BCUT2D eigenvalue weighted by Crippen LogP contribution is 2.20. The van der Waals surface area contributed by atoms with Crippen LogP contribution in [0.4, 0.5) is 0 Å². The molecule has 1 heterocycles. The summed E-state index contributed by atoms with van der Waals surface area (Å²) in [7, 11) is -1.74. The number of hydrogen-bond donors (Lipinski definition) is 1. The van der Waals surface area contributed by atoms with Crippen LogP contribution in [0.25, 0.3) is 0 Å². The molecule has 1 aromatic carbocycles. The number of ketones is 1. The van der Waals surface area contributed by atoms with Crippen molar-refractivity contribution >= 4 is 33.5 Å². The summed E-state index contributed by atoms with van der Waals surface area (Å²) in [5.41, 5.74) is 0.439. The summed E-state index contributed by atoms with van der Waals surface area (Å²) in [5.74, 6) is 0.632. The van der Waals surface area contributed by atoms with Crippen molar-refractivity contribution in [1.29, 1.82) is 0 Å². The lowest BCUT2D eigenvalue weighted by atomic mass is 10.1.